The molecule has 2 N–H and O–H groups in total. The van der Waals surface area contributed by atoms with E-state index < -0.39 is 0 Å². The highest BCUT2D eigenvalue weighted by atomic mass is 16.1. The molecule has 1 aromatic heterocycles. The van der Waals surface area contributed by atoms with Gasteiger partial charge < -0.3 is 15.5 Å². The van der Waals surface area contributed by atoms with Gasteiger partial charge in [0.1, 0.15) is 5.69 Å². The number of hydrogen-bond acceptors (Lipinski definition) is 4. The smallest absolute Gasteiger partial charge is 0.274 e. The molecule has 1 aromatic carbocycles. The number of rotatable bonds is 7. The first kappa shape index (κ1) is 17.9. The highest BCUT2D eigenvalue weighted by molar-refractivity contribution is 6.03. The van der Waals surface area contributed by atoms with Gasteiger partial charge in [-0.05, 0) is 43.8 Å². The van der Waals surface area contributed by atoms with Crippen molar-refractivity contribution in [2.45, 2.75) is 19.8 Å². The number of pyridine rings is 1. The summed E-state index contributed by atoms with van der Waals surface area (Å²) >= 11 is 0. The molecule has 0 atom stereocenters. The predicted molar refractivity (Wildman–Crippen MR) is 99.8 cm³/mol. The van der Waals surface area contributed by atoms with Crippen LogP contribution in [0.1, 0.15) is 35.8 Å². The molecule has 5 heteroatoms. The number of carbonyl (C=O) groups excluding carboxylic acids is 1. The minimum Gasteiger partial charge on any atom is -0.383 e. The number of para-hydroxylation sites is 1. The third kappa shape index (κ3) is 5.06. The average Bonchev–Trinajstić information content (AvgIpc) is 2.55. The topological polar surface area (TPSA) is 57.3 Å². The lowest BCUT2D eigenvalue weighted by Crippen LogP contribution is -2.21. The van der Waals surface area contributed by atoms with Crippen LogP contribution in [0, 0.1) is 0 Å². The molecule has 0 unspecified atom stereocenters. The summed E-state index contributed by atoms with van der Waals surface area (Å²) in [5, 5.41) is 6.24. The first-order chi connectivity index (χ1) is 11.5. The molecule has 0 aliphatic rings. The molecule has 0 saturated carbocycles. The van der Waals surface area contributed by atoms with Gasteiger partial charge in [0, 0.05) is 18.8 Å². The molecule has 5 nitrogen and oxygen atoms in total. The van der Waals surface area contributed by atoms with Crippen LogP contribution in [0.2, 0.25) is 0 Å². The van der Waals surface area contributed by atoms with E-state index in [2.05, 4.69) is 34.4 Å². The van der Waals surface area contributed by atoms with Crippen molar-refractivity contribution in [2.24, 2.45) is 0 Å². The van der Waals surface area contributed by atoms with E-state index in [1.54, 1.807) is 12.3 Å². The minimum absolute atomic E-state index is 0.192. The average molecular weight is 326 g/mol. The number of nitrogens with one attached hydrogen (secondary N) is 2. The lowest BCUT2D eigenvalue weighted by molar-refractivity contribution is 0.102. The Labute approximate surface area is 144 Å². The van der Waals surface area contributed by atoms with Crippen molar-refractivity contribution in [1.82, 2.24) is 9.88 Å². The van der Waals surface area contributed by atoms with Crippen LogP contribution in [0.15, 0.2) is 42.6 Å². The molecule has 0 aliphatic carbocycles. The molecule has 0 aliphatic heterocycles. The molecule has 0 saturated heterocycles. The van der Waals surface area contributed by atoms with Crippen LogP contribution in [0.5, 0.6) is 0 Å². The second-order valence-electron chi connectivity index (χ2n) is 6.36. The number of likely N-dealkylation sites (N-methyl/N-ethyl adjacent to an activating group) is 1. The van der Waals surface area contributed by atoms with E-state index >= 15 is 0 Å². The third-order valence-electron chi connectivity index (χ3n) is 3.72. The zero-order chi connectivity index (χ0) is 17.5. The summed E-state index contributed by atoms with van der Waals surface area (Å²) < 4.78 is 0. The standard InChI is InChI=1S/C19H26N4O/c1-14(2)16-7-5-6-8-17(16)22-19(24)18-10-9-15(13-21-18)20-11-12-23(3)4/h5-10,13-14,20H,11-12H2,1-4H3,(H,22,24). The van der Waals surface area contributed by atoms with E-state index in [9.17, 15) is 4.79 Å². The van der Waals surface area contributed by atoms with Crippen LogP contribution in [0.4, 0.5) is 11.4 Å². The Morgan fingerprint density at radius 2 is 1.92 bits per heavy atom. The van der Waals surface area contributed by atoms with Crippen LogP contribution in [-0.2, 0) is 0 Å². The van der Waals surface area contributed by atoms with Crippen LogP contribution < -0.4 is 10.6 Å². The van der Waals surface area contributed by atoms with Gasteiger partial charge >= 0.3 is 0 Å². The first-order valence-electron chi connectivity index (χ1n) is 8.22. The second-order valence-corrected chi connectivity index (χ2v) is 6.36. The summed E-state index contributed by atoms with van der Waals surface area (Å²) in [6, 6.07) is 11.5. The van der Waals surface area contributed by atoms with E-state index in [4.69, 9.17) is 0 Å². The highest BCUT2D eigenvalue weighted by Gasteiger charge is 2.11. The van der Waals surface area contributed by atoms with E-state index in [1.165, 1.54) is 0 Å². The van der Waals surface area contributed by atoms with Gasteiger partial charge in [-0.2, -0.15) is 0 Å². The van der Waals surface area contributed by atoms with Crippen LogP contribution in [-0.4, -0.2) is 43.0 Å². The van der Waals surface area contributed by atoms with Gasteiger partial charge in [0.05, 0.1) is 11.9 Å². The SMILES string of the molecule is CC(C)c1ccccc1NC(=O)c1ccc(NCCN(C)C)cn1. The van der Waals surface area contributed by atoms with Crippen molar-refractivity contribution in [3.05, 3.63) is 53.9 Å². The molecular weight excluding hydrogens is 300 g/mol. The Balaban J connectivity index is 2.00. The summed E-state index contributed by atoms with van der Waals surface area (Å²) in [6.45, 7) is 5.99. The summed E-state index contributed by atoms with van der Waals surface area (Å²) in [5.41, 5.74) is 3.28. The summed E-state index contributed by atoms with van der Waals surface area (Å²) in [4.78, 5) is 18.8. The molecule has 0 radical (unpaired) electrons. The van der Waals surface area contributed by atoms with Crippen molar-refractivity contribution in [1.29, 1.82) is 0 Å². The zero-order valence-corrected chi connectivity index (χ0v) is 14.8. The number of hydrogen-bond donors (Lipinski definition) is 2. The summed E-state index contributed by atoms with van der Waals surface area (Å²) in [6.07, 6.45) is 1.69. The van der Waals surface area contributed by atoms with Gasteiger partial charge in [-0.15, -0.1) is 0 Å². The van der Waals surface area contributed by atoms with E-state index in [0.717, 1.165) is 30.0 Å². The number of carbonyl (C=O) groups is 1. The summed E-state index contributed by atoms with van der Waals surface area (Å²) in [5.74, 6) is 0.153. The van der Waals surface area contributed by atoms with Crippen LogP contribution in [0.3, 0.4) is 0 Å². The van der Waals surface area contributed by atoms with Crippen LogP contribution >= 0.6 is 0 Å². The second kappa shape index (κ2) is 8.45. The molecule has 0 spiro atoms. The quantitative estimate of drug-likeness (QED) is 0.818. The first-order valence-corrected chi connectivity index (χ1v) is 8.22. The number of aromatic nitrogens is 1. The van der Waals surface area contributed by atoms with Gasteiger partial charge in [0.2, 0.25) is 0 Å². The number of amides is 1. The fraction of sp³-hybridized carbons (Fsp3) is 0.368. The maximum absolute atomic E-state index is 12.4. The summed E-state index contributed by atoms with van der Waals surface area (Å²) in [7, 11) is 4.06. The molecule has 128 valence electrons. The molecule has 2 rings (SSSR count). The number of anilines is 2. The molecule has 1 amide bonds. The van der Waals surface area contributed by atoms with Crippen molar-refractivity contribution >= 4 is 17.3 Å². The Hall–Kier alpha value is -2.40. The Morgan fingerprint density at radius 1 is 1.17 bits per heavy atom. The van der Waals surface area contributed by atoms with Crippen molar-refractivity contribution in [3.8, 4) is 0 Å². The van der Waals surface area contributed by atoms with Gasteiger partial charge in [-0.25, -0.2) is 4.98 Å². The lowest BCUT2D eigenvalue weighted by Gasteiger charge is -2.14. The molecule has 1 heterocycles. The van der Waals surface area contributed by atoms with Gasteiger partial charge in [-0.1, -0.05) is 32.0 Å². The molecular formula is C19H26N4O. The van der Waals surface area contributed by atoms with Crippen LogP contribution in [0.25, 0.3) is 0 Å². The Kier molecular flexibility index (Phi) is 6.32. The minimum atomic E-state index is -0.192. The molecule has 0 bridgehead atoms. The number of benzene rings is 1. The predicted octanol–water partition coefficient (Wildman–Crippen LogP) is 3.43. The molecule has 0 fully saturated rings. The van der Waals surface area contributed by atoms with Gasteiger partial charge in [0.15, 0.2) is 0 Å². The fourth-order valence-corrected chi connectivity index (χ4v) is 2.36. The van der Waals surface area contributed by atoms with Gasteiger partial charge in [0.25, 0.3) is 5.91 Å². The molecule has 24 heavy (non-hydrogen) atoms. The zero-order valence-electron chi connectivity index (χ0n) is 14.8. The number of nitrogens with zero attached hydrogens (tertiary/aromatic N) is 2. The van der Waals surface area contributed by atoms with Crippen molar-refractivity contribution in [3.63, 3.8) is 0 Å². The van der Waals surface area contributed by atoms with Gasteiger partial charge in [-0.3, -0.25) is 4.79 Å². The van der Waals surface area contributed by atoms with E-state index in [1.807, 2.05) is 44.4 Å². The Morgan fingerprint density at radius 3 is 2.54 bits per heavy atom. The maximum atomic E-state index is 12.4. The van der Waals surface area contributed by atoms with E-state index in [0.29, 0.717) is 11.6 Å². The van der Waals surface area contributed by atoms with E-state index in [-0.39, 0.29) is 5.91 Å². The monoisotopic (exact) mass is 326 g/mol. The maximum Gasteiger partial charge on any atom is 0.274 e. The van der Waals surface area contributed by atoms with Crippen molar-refractivity contribution < 1.29 is 4.79 Å². The Bertz CT molecular complexity index is 665. The third-order valence-corrected chi connectivity index (χ3v) is 3.72. The lowest BCUT2D eigenvalue weighted by atomic mass is 10.0. The van der Waals surface area contributed by atoms with Crippen molar-refractivity contribution in [2.75, 3.05) is 37.8 Å². The fourth-order valence-electron chi connectivity index (χ4n) is 2.36. The largest absolute Gasteiger partial charge is 0.383 e. The normalized spacial score (nSPS) is 10.9. The molecule has 2 aromatic rings. The highest BCUT2D eigenvalue weighted by Crippen LogP contribution is 2.24.